The number of benzene rings is 3. The number of halogens is 3. The van der Waals surface area contributed by atoms with Crippen molar-refractivity contribution in [2.75, 3.05) is 7.11 Å². The largest absolute Gasteiger partial charge is 0.497 e. The van der Waals surface area contributed by atoms with Crippen LogP contribution in [0.3, 0.4) is 0 Å². The summed E-state index contributed by atoms with van der Waals surface area (Å²) in [5.74, 6) is 0.0719. The number of rotatable bonds is 8. The smallest absolute Gasteiger partial charge is 0.416 e. The van der Waals surface area contributed by atoms with Gasteiger partial charge < -0.3 is 10.1 Å². The highest BCUT2D eigenvalue weighted by atomic mass is 19.4. The van der Waals surface area contributed by atoms with Gasteiger partial charge in [-0.15, -0.1) is 0 Å². The van der Waals surface area contributed by atoms with E-state index < -0.39 is 23.2 Å². The first-order valence-electron chi connectivity index (χ1n) is 11.9. The highest BCUT2D eigenvalue weighted by Crippen LogP contribution is 2.37. The molecule has 190 valence electrons. The van der Waals surface area contributed by atoms with Gasteiger partial charge in [0, 0.05) is 18.2 Å². The van der Waals surface area contributed by atoms with Crippen molar-refractivity contribution >= 4 is 5.91 Å². The molecule has 0 aliphatic rings. The topological polar surface area (TPSA) is 51.2 Å². The number of nitrogens with one attached hydrogen (secondary N) is 1. The molecule has 0 saturated heterocycles. The second kappa shape index (κ2) is 10.9. The number of hydrogen-bond acceptors (Lipinski definition) is 3. The third kappa shape index (κ3) is 5.82. The maximum atomic E-state index is 13.8. The van der Waals surface area contributed by atoms with Gasteiger partial charge in [-0.25, -0.2) is 0 Å². The van der Waals surface area contributed by atoms with Gasteiger partial charge >= 0.3 is 6.18 Å². The van der Waals surface area contributed by atoms with Crippen LogP contribution in [0.15, 0.2) is 97.2 Å². The Morgan fingerprint density at radius 1 is 0.865 bits per heavy atom. The molecular formula is C30H27F3N2O2. The number of aromatic nitrogens is 1. The van der Waals surface area contributed by atoms with Gasteiger partial charge in [0.15, 0.2) is 0 Å². The highest BCUT2D eigenvalue weighted by Gasteiger charge is 2.40. The quantitative estimate of drug-likeness (QED) is 0.295. The normalized spacial score (nSPS) is 13.0. The lowest BCUT2D eigenvalue weighted by Gasteiger charge is -2.36. The van der Waals surface area contributed by atoms with E-state index in [4.69, 9.17) is 4.74 Å². The van der Waals surface area contributed by atoms with Crippen LogP contribution < -0.4 is 10.1 Å². The zero-order valence-corrected chi connectivity index (χ0v) is 20.5. The average Bonchev–Trinajstić information content (AvgIpc) is 2.93. The molecule has 1 amide bonds. The van der Waals surface area contributed by atoms with Crippen molar-refractivity contribution in [2.24, 2.45) is 0 Å². The highest BCUT2D eigenvalue weighted by molar-refractivity contribution is 5.95. The van der Waals surface area contributed by atoms with Crippen LogP contribution in [0.4, 0.5) is 13.2 Å². The molecule has 4 nitrogen and oxygen atoms in total. The number of alkyl halides is 3. The lowest BCUT2D eigenvalue weighted by Crippen LogP contribution is -2.49. The van der Waals surface area contributed by atoms with Crippen molar-refractivity contribution in [3.63, 3.8) is 0 Å². The molecule has 3 aromatic carbocycles. The second-order valence-corrected chi connectivity index (χ2v) is 8.74. The molecule has 0 saturated carbocycles. The first kappa shape index (κ1) is 25.9. The predicted octanol–water partition coefficient (Wildman–Crippen LogP) is 6.59. The maximum Gasteiger partial charge on any atom is 0.416 e. The number of pyridine rings is 1. The first-order valence-corrected chi connectivity index (χ1v) is 11.9. The summed E-state index contributed by atoms with van der Waals surface area (Å²) >= 11 is 0. The fourth-order valence-electron chi connectivity index (χ4n) is 4.38. The van der Waals surface area contributed by atoms with Crippen molar-refractivity contribution in [1.29, 1.82) is 0 Å². The molecule has 0 aliphatic carbocycles. The predicted molar refractivity (Wildman–Crippen MR) is 136 cm³/mol. The van der Waals surface area contributed by atoms with E-state index in [0.717, 1.165) is 23.3 Å². The Balaban J connectivity index is 1.93. The van der Waals surface area contributed by atoms with Crippen molar-refractivity contribution < 1.29 is 22.7 Å². The molecule has 4 rings (SSSR count). The number of amides is 1. The van der Waals surface area contributed by atoms with E-state index >= 15 is 0 Å². The molecule has 0 bridgehead atoms. The van der Waals surface area contributed by atoms with Gasteiger partial charge in [0.1, 0.15) is 11.3 Å². The Labute approximate surface area is 214 Å². The van der Waals surface area contributed by atoms with Gasteiger partial charge in [0.25, 0.3) is 5.91 Å². The third-order valence-corrected chi connectivity index (χ3v) is 6.30. The molecule has 4 aromatic rings. The van der Waals surface area contributed by atoms with Crippen LogP contribution in [0, 0.1) is 0 Å². The summed E-state index contributed by atoms with van der Waals surface area (Å²) in [6.07, 6.45) is -2.12. The molecule has 0 radical (unpaired) electrons. The minimum absolute atomic E-state index is 0.183. The SMILES string of the molecule is CCc1cc(OC)cc(C(=O)NC(Cc2ccccc2)(c2cccc(C(F)(F)F)c2)c2ccccn2)c1. The summed E-state index contributed by atoms with van der Waals surface area (Å²) in [6.45, 7) is 1.96. The number of hydrogen-bond donors (Lipinski definition) is 1. The zero-order chi connectivity index (χ0) is 26.5. The standard InChI is InChI=1S/C30H27F3N2O2/c1-3-21-16-23(18-26(17-21)37-2)28(36)35-29(27-14-7-8-15-34-27,20-22-10-5-4-6-11-22)24-12-9-13-25(19-24)30(31,32)33/h4-19H,3,20H2,1-2H3,(H,35,36). The molecule has 1 aromatic heterocycles. The minimum atomic E-state index is -4.55. The van der Waals surface area contributed by atoms with Crippen LogP contribution in [0.1, 0.15) is 45.2 Å². The van der Waals surface area contributed by atoms with Gasteiger partial charge in [-0.05, 0) is 65.6 Å². The van der Waals surface area contributed by atoms with Crippen LogP contribution >= 0.6 is 0 Å². The van der Waals surface area contributed by atoms with Crippen LogP contribution in [0.5, 0.6) is 5.75 Å². The Hall–Kier alpha value is -4.13. The average molecular weight is 505 g/mol. The lowest BCUT2D eigenvalue weighted by atomic mass is 9.79. The molecule has 37 heavy (non-hydrogen) atoms. The number of carbonyl (C=O) groups is 1. The molecule has 1 heterocycles. The van der Waals surface area contributed by atoms with Crippen molar-refractivity contribution in [2.45, 2.75) is 31.5 Å². The summed E-state index contributed by atoms with van der Waals surface area (Å²) in [6, 6.07) is 24.8. The van der Waals surface area contributed by atoms with Crippen molar-refractivity contribution in [1.82, 2.24) is 10.3 Å². The van der Waals surface area contributed by atoms with Gasteiger partial charge in [-0.2, -0.15) is 13.2 Å². The molecule has 0 spiro atoms. The van der Waals surface area contributed by atoms with Gasteiger partial charge in [-0.1, -0.05) is 55.5 Å². The van der Waals surface area contributed by atoms with E-state index in [1.165, 1.54) is 13.2 Å². The number of methoxy groups -OCH3 is 1. The van der Waals surface area contributed by atoms with Gasteiger partial charge in [0.05, 0.1) is 18.4 Å². The molecule has 0 aliphatic heterocycles. The number of nitrogens with zero attached hydrogens (tertiary/aromatic N) is 1. The van der Waals surface area contributed by atoms with Crippen LogP contribution in [0.2, 0.25) is 0 Å². The number of carbonyl (C=O) groups excluding carboxylic acids is 1. The minimum Gasteiger partial charge on any atom is -0.497 e. The molecule has 7 heteroatoms. The van der Waals surface area contributed by atoms with E-state index in [2.05, 4.69) is 10.3 Å². The molecule has 0 fully saturated rings. The van der Waals surface area contributed by atoms with Crippen molar-refractivity contribution in [3.8, 4) is 5.75 Å². The van der Waals surface area contributed by atoms with Crippen LogP contribution in [0.25, 0.3) is 0 Å². The molecule has 1 atom stereocenters. The summed E-state index contributed by atoms with van der Waals surface area (Å²) in [5, 5.41) is 3.08. The summed E-state index contributed by atoms with van der Waals surface area (Å²) in [5.41, 5.74) is 0.567. The van der Waals surface area contributed by atoms with E-state index in [-0.39, 0.29) is 12.0 Å². The Bertz CT molecular complexity index is 1340. The van der Waals surface area contributed by atoms with Crippen molar-refractivity contribution in [3.05, 3.63) is 131 Å². The maximum absolute atomic E-state index is 13.8. The van der Waals surface area contributed by atoms with E-state index in [1.807, 2.05) is 43.3 Å². The van der Waals surface area contributed by atoms with E-state index in [0.29, 0.717) is 23.4 Å². The molecule has 1 N–H and O–H groups in total. The lowest BCUT2D eigenvalue weighted by molar-refractivity contribution is -0.137. The monoisotopic (exact) mass is 504 g/mol. The fourth-order valence-corrected chi connectivity index (χ4v) is 4.38. The molecular weight excluding hydrogens is 477 g/mol. The zero-order valence-electron chi connectivity index (χ0n) is 20.5. The first-order chi connectivity index (χ1) is 17.7. The molecule has 1 unspecified atom stereocenters. The third-order valence-electron chi connectivity index (χ3n) is 6.30. The van der Waals surface area contributed by atoms with E-state index in [1.54, 1.807) is 42.6 Å². The summed E-state index contributed by atoms with van der Waals surface area (Å²) < 4.78 is 46.7. The second-order valence-electron chi connectivity index (χ2n) is 8.74. The number of aryl methyl sites for hydroxylation is 1. The summed E-state index contributed by atoms with van der Waals surface area (Å²) in [7, 11) is 1.52. The van der Waals surface area contributed by atoms with Gasteiger partial charge in [-0.3, -0.25) is 9.78 Å². The van der Waals surface area contributed by atoms with E-state index in [9.17, 15) is 18.0 Å². The Kier molecular flexibility index (Phi) is 7.62. The van der Waals surface area contributed by atoms with Gasteiger partial charge in [0.2, 0.25) is 0 Å². The number of ether oxygens (including phenoxy) is 1. The van der Waals surface area contributed by atoms with Crippen LogP contribution in [-0.4, -0.2) is 18.0 Å². The Morgan fingerprint density at radius 2 is 1.59 bits per heavy atom. The fraction of sp³-hybridized carbons (Fsp3) is 0.200. The summed E-state index contributed by atoms with van der Waals surface area (Å²) in [4.78, 5) is 18.3. The van der Waals surface area contributed by atoms with Crippen LogP contribution in [-0.2, 0) is 24.6 Å². The Morgan fingerprint density at radius 3 is 2.24 bits per heavy atom.